The molecule has 0 aromatic rings. The Hall–Kier alpha value is -1.14. The van der Waals surface area contributed by atoms with Crippen LogP contribution in [-0.2, 0) is 19.0 Å². The first kappa shape index (κ1) is 15.9. The Morgan fingerprint density at radius 1 is 1.12 bits per heavy atom. The Balaban J connectivity index is 3.38. The van der Waals surface area contributed by atoms with E-state index in [1.807, 2.05) is 0 Å². The zero-order valence-electron chi connectivity index (χ0n) is 10.7. The Labute approximate surface area is 102 Å². The fourth-order valence-electron chi connectivity index (χ4n) is 0.852. The number of carbonyl (C=O) groups excluding carboxylic acids is 2. The van der Waals surface area contributed by atoms with Gasteiger partial charge < -0.3 is 19.5 Å². The molecule has 0 aromatic heterocycles. The summed E-state index contributed by atoms with van der Waals surface area (Å²) < 4.78 is 14.6. The van der Waals surface area contributed by atoms with Gasteiger partial charge in [-0.3, -0.25) is 4.79 Å². The molecule has 1 N–H and O–H groups in total. The zero-order chi connectivity index (χ0) is 13.1. The third kappa shape index (κ3) is 9.77. The monoisotopic (exact) mass is 247 g/mol. The minimum Gasteiger partial charge on any atom is -0.447 e. The van der Waals surface area contributed by atoms with Gasteiger partial charge in [0.25, 0.3) is 0 Å². The second kappa shape index (κ2) is 10.0. The number of nitrogens with one attached hydrogen (secondary N) is 1. The number of ketones is 1. The molecule has 0 heterocycles. The van der Waals surface area contributed by atoms with Gasteiger partial charge in [-0.05, 0) is 0 Å². The third-order valence-corrected chi connectivity index (χ3v) is 1.94. The van der Waals surface area contributed by atoms with Gasteiger partial charge in [-0.25, -0.2) is 4.79 Å². The molecule has 0 saturated heterocycles. The molecular weight excluding hydrogens is 226 g/mol. The lowest BCUT2D eigenvalue weighted by molar-refractivity contribution is -0.120. The molecule has 0 rings (SSSR count). The Bertz CT molecular complexity index is 230. The van der Waals surface area contributed by atoms with Crippen molar-refractivity contribution in [3.05, 3.63) is 0 Å². The normalized spacial score (nSPS) is 10.4. The van der Waals surface area contributed by atoms with Crippen molar-refractivity contribution < 1.29 is 23.8 Å². The molecule has 0 aliphatic carbocycles. The van der Waals surface area contributed by atoms with Crippen LogP contribution in [-0.4, -0.2) is 52.0 Å². The van der Waals surface area contributed by atoms with Gasteiger partial charge in [0.1, 0.15) is 6.61 Å². The van der Waals surface area contributed by atoms with Crippen LogP contribution in [0.5, 0.6) is 0 Å². The van der Waals surface area contributed by atoms with Crippen molar-refractivity contribution in [2.45, 2.75) is 13.8 Å². The SMILES string of the molecule is COCCOCCOC(=O)NCC(=O)C(C)C. The molecule has 1 amide bonds. The summed E-state index contributed by atoms with van der Waals surface area (Å²) in [4.78, 5) is 22.3. The van der Waals surface area contributed by atoms with E-state index >= 15 is 0 Å². The number of hydrogen-bond acceptors (Lipinski definition) is 5. The van der Waals surface area contributed by atoms with E-state index in [2.05, 4.69) is 5.32 Å². The highest BCUT2D eigenvalue weighted by atomic mass is 16.6. The lowest BCUT2D eigenvalue weighted by Gasteiger charge is -2.08. The molecule has 0 radical (unpaired) electrons. The number of rotatable bonds is 9. The van der Waals surface area contributed by atoms with Crippen molar-refractivity contribution in [2.24, 2.45) is 5.92 Å². The Morgan fingerprint density at radius 2 is 1.76 bits per heavy atom. The Morgan fingerprint density at radius 3 is 2.35 bits per heavy atom. The molecule has 0 unspecified atom stereocenters. The predicted molar refractivity (Wildman–Crippen MR) is 61.9 cm³/mol. The highest BCUT2D eigenvalue weighted by Crippen LogP contribution is 1.92. The number of alkyl carbamates (subject to hydrolysis) is 1. The first-order chi connectivity index (χ1) is 8.07. The van der Waals surface area contributed by atoms with Crippen LogP contribution in [0.4, 0.5) is 4.79 Å². The van der Waals surface area contributed by atoms with Gasteiger partial charge in [0.15, 0.2) is 5.78 Å². The molecule has 0 saturated carbocycles. The van der Waals surface area contributed by atoms with E-state index < -0.39 is 6.09 Å². The number of Topliss-reactive ketones (excluding diaryl/α,β-unsaturated/α-hetero) is 1. The first-order valence-electron chi connectivity index (χ1n) is 5.58. The number of amides is 1. The van der Waals surface area contributed by atoms with Gasteiger partial charge >= 0.3 is 6.09 Å². The van der Waals surface area contributed by atoms with Gasteiger partial charge in [-0.15, -0.1) is 0 Å². The van der Waals surface area contributed by atoms with Crippen molar-refractivity contribution in [2.75, 3.05) is 40.1 Å². The lowest BCUT2D eigenvalue weighted by Crippen LogP contribution is -2.32. The molecular formula is C11H21NO5. The molecule has 0 bridgehead atoms. The van der Waals surface area contributed by atoms with Crippen LogP contribution in [0.2, 0.25) is 0 Å². The quantitative estimate of drug-likeness (QED) is 0.604. The van der Waals surface area contributed by atoms with Crippen LogP contribution in [0.1, 0.15) is 13.8 Å². The molecule has 0 aliphatic rings. The minimum atomic E-state index is -0.602. The summed E-state index contributed by atoms with van der Waals surface area (Å²) in [6.45, 7) is 5.00. The van der Waals surface area contributed by atoms with Crippen LogP contribution in [0.15, 0.2) is 0 Å². The van der Waals surface area contributed by atoms with Crippen LogP contribution >= 0.6 is 0 Å². The number of ether oxygens (including phenoxy) is 3. The fraction of sp³-hybridized carbons (Fsp3) is 0.818. The van der Waals surface area contributed by atoms with Gasteiger partial charge in [-0.1, -0.05) is 13.8 Å². The van der Waals surface area contributed by atoms with Crippen molar-refractivity contribution in [3.63, 3.8) is 0 Å². The van der Waals surface area contributed by atoms with E-state index in [9.17, 15) is 9.59 Å². The molecule has 100 valence electrons. The topological polar surface area (TPSA) is 73.9 Å². The van der Waals surface area contributed by atoms with Crippen molar-refractivity contribution in [1.82, 2.24) is 5.32 Å². The third-order valence-electron chi connectivity index (χ3n) is 1.94. The maximum atomic E-state index is 11.2. The second-order valence-corrected chi connectivity index (χ2v) is 3.72. The minimum absolute atomic E-state index is 0.00102. The largest absolute Gasteiger partial charge is 0.447 e. The van der Waals surface area contributed by atoms with Crippen LogP contribution in [0.25, 0.3) is 0 Å². The molecule has 0 aliphatic heterocycles. The summed E-state index contributed by atoms with van der Waals surface area (Å²) >= 11 is 0. The molecule has 6 nitrogen and oxygen atoms in total. The average molecular weight is 247 g/mol. The summed E-state index contributed by atoms with van der Waals surface area (Å²) in [5.74, 6) is -0.119. The fourth-order valence-corrected chi connectivity index (χ4v) is 0.852. The van der Waals surface area contributed by atoms with E-state index in [-0.39, 0.29) is 24.9 Å². The standard InChI is InChI=1S/C11H21NO5/c1-9(2)10(13)8-12-11(14)17-7-6-16-5-4-15-3/h9H,4-8H2,1-3H3,(H,12,14). The van der Waals surface area contributed by atoms with Crippen molar-refractivity contribution in [1.29, 1.82) is 0 Å². The van der Waals surface area contributed by atoms with E-state index in [1.165, 1.54) is 0 Å². The van der Waals surface area contributed by atoms with E-state index in [0.717, 1.165) is 0 Å². The molecule has 17 heavy (non-hydrogen) atoms. The number of hydrogen-bond donors (Lipinski definition) is 1. The van der Waals surface area contributed by atoms with Crippen molar-refractivity contribution in [3.8, 4) is 0 Å². The first-order valence-corrected chi connectivity index (χ1v) is 5.58. The van der Waals surface area contributed by atoms with Crippen molar-refractivity contribution >= 4 is 11.9 Å². The van der Waals surface area contributed by atoms with Crippen LogP contribution < -0.4 is 5.32 Å². The number of methoxy groups -OCH3 is 1. The lowest BCUT2D eigenvalue weighted by atomic mass is 10.1. The highest BCUT2D eigenvalue weighted by Gasteiger charge is 2.09. The molecule has 0 aromatic carbocycles. The maximum Gasteiger partial charge on any atom is 0.407 e. The maximum absolute atomic E-state index is 11.2. The zero-order valence-corrected chi connectivity index (χ0v) is 10.7. The number of carbonyl (C=O) groups is 2. The predicted octanol–water partition coefficient (Wildman–Crippen LogP) is 0.601. The summed E-state index contributed by atoms with van der Waals surface area (Å²) in [7, 11) is 1.58. The van der Waals surface area contributed by atoms with Gasteiger partial charge in [0, 0.05) is 13.0 Å². The summed E-state index contributed by atoms with van der Waals surface area (Å²) in [6, 6.07) is 0. The molecule has 0 spiro atoms. The van der Waals surface area contributed by atoms with E-state index in [0.29, 0.717) is 19.8 Å². The van der Waals surface area contributed by atoms with Gasteiger partial charge in [0.2, 0.25) is 0 Å². The highest BCUT2D eigenvalue weighted by molar-refractivity contribution is 5.85. The Kier molecular flexibility index (Phi) is 9.37. The van der Waals surface area contributed by atoms with E-state index in [1.54, 1.807) is 21.0 Å². The molecule has 6 heteroatoms. The van der Waals surface area contributed by atoms with Crippen LogP contribution in [0, 0.1) is 5.92 Å². The van der Waals surface area contributed by atoms with Gasteiger partial charge in [-0.2, -0.15) is 0 Å². The smallest absolute Gasteiger partial charge is 0.407 e. The van der Waals surface area contributed by atoms with Gasteiger partial charge in [0.05, 0.1) is 26.4 Å². The second-order valence-electron chi connectivity index (χ2n) is 3.72. The van der Waals surface area contributed by atoms with Crippen LogP contribution in [0.3, 0.4) is 0 Å². The average Bonchev–Trinajstić information content (AvgIpc) is 2.30. The van der Waals surface area contributed by atoms with E-state index in [4.69, 9.17) is 14.2 Å². The molecule has 0 atom stereocenters. The summed E-state index contributed by atoms with van der Waals surface area (Å²) in [5.41, 5.74) is 0. The summed E-state index contributed by atoms with van der Waals surface area (Å²) in [6.07, 6.45) is -0.602. The summed E-state index contributed by atoms with van der Waals surface area (Å²) in [5, 5.41) is 2.37. The molecule has 0 fully saturated rings.